The van der Waals surface area contributed by atoms with Gasteiger partial charge in [0.15, 0.2) is 5.54 Å². The van der Waals surface area contributed by atoms with Gasteiger partial charge in [-0.15, -0.1) is 0 Å². The number of nitrogens with one attached hydrogen (secondary N) is 1. The molecule has 1 saturated carbocycles. The maximum atomic E-state index is 12.6. The monoisotopic (exact) mass is 397 g/mol. The number of esters is 1. The van der Waals surface area contributed by atoms with Gasteiger partial charge >= 0.3 is 5.97 Å². The van der Waals surface area contributed by atoms with Gasteiger partial charge in [0.05, 0.1) is 32.5 Å². The predicted octanol–water partition coefficient (Wildman–Crippen LogP) is 1.79. The minimum atomic E-state index is -0.578. The Labute approximate surface area is 161 Å². The molecule has 0 spiro atoms. The Kier molecular flexibility index (Phi) is 6.24. The molecule has 1 fully saturated rings. The zero-order valence-corrected chi connectivity index (χ0v) is 17.0. The Balaban J connectivity index is 0.00000242. The van der Waals surface area contributed by atoms with E-state index in [4.69, 9.17) is 17.6 Å². The number of methoxy groups -OCH3 is 1. The van der Waals surface area contributed by atoms with Crippen LogP contribution in [0.5, 0.6) is 0 Å². The van der Waals surface area contributed by atoms with E-state index in [1.807, 2.05) is 27.1 Å². The third-order valence-electron chi connectivity index (χ3n) is 4.09. The van der Waals surface area contributed by atoms with Gasteiger partial charge in [0.2, 0.25) is 0 Å². The number of benzene rings is 1. The summed E-state index contributed by atoms with van der Waals surface area (Å²) in [4.78, 5) is 24.4. The van der Waals surface area contributed by atoms with Crippen LogP contribution in [-0.4, -0.2) is 42.5 Å². The summed E-state index contributed by atoms with van der Waals surface area (Å²) in [6, 6.07) is 5.24. The molecule has 117 valence electrons. The molecule has 5 nitrogen and oxygen atoms in total. The second-order valence-corrected chi connectivity index (χ2v) is 6.74. The van der Waals surface area contributed by atoms with Crippen LogP contribution in [0.1, 0.15) is 28.8 Å². The second kappa shape index (κ2) is 6.99. The normalized spacial score (nSPS) is 15.5. The molecule has 22 heavy (non-hydrogen) atoms. The fourth-order valence-corrected chi connectivity index (χ4v) is 2.74. The molecule has 0 bridgehead atoms. The molecule has 0 saturated heterocycles. The van der Waals surface area contributed by atoms with Crippen molar-refractivity contribution in [1.29, 1.82) is 0 Å². The summed E-state index contributed by atoms with van der Waals surface area (Å²) in [7, 11) is 4.99. The minimum absolute atomic E-state index is 0. The fraction of sp³-hybridized carbons (Fsp3) is 0.467. The first-order valence-corrected chi connectivity index (χ1v) is 7.14. The van der Waals surface area contributed by atoms with Gasteiger partial charge in [-0.05, 0) is 18.6 Å². The standard InChI is InChI=1S/C15H20N2O3S.Y/c1-10-6-5-7-11(13(18)20-4)12(10)16-14(19)15(8-9-15)17(2,3)21;/h5-7H,8-9H2,1-4H3,(H,16,19);. The van der Waals surface area contributed by atoms with E-state index in [-0.39, 0.29) is 42.5 Å². The Morgan fingerprint density at radius 2 is 1.91 bits per heavy atom. The predicted molar refractivity (Wildman–Crippen MR) is 82.6 cm³/mol. The third-order valence-corrected chi connectivity index (χ3v) is 4.44. The summed E-state index contributed by atoms with van der Waals surface area (Å²) in [6.45, 7) is 1.84. The zero-order chi connectivity index (χ0) is 15.8. The number of carbonyl (C=O) groups is 2. The first-order valence-electron chi connectivity index (χ1n) is 6.77. The van der Waals surface area contributed by atoms with Crippen LogP contribution in [0, 0.1) is 6.92 Å². The smallest absolute Gasteiger partial charge is 0.339 e. The summed E-state index contributed by atoms with van der Waals surface area (Å²) in [5.74, 6) is -0.604. The Morgan fingerprint density at radius 1 is 1.32 bits per heavy atom. The van der Waals surface area contributed by atoms with Crippen molar-refractivity contribution in [3.63, 3.8) is 0 Å². The van der Waals surface area contributed by atoms with Crippen LogP contribution >= 0.6 is 0 Å². The van der Waals surface area contributed by atoms with Gasteiger partial charge in [-0.1, -0.05) is 12.1 Å². The van der Waals surface area contributed by atoms with Gasteiger partial charge < -0.3 is 26.8 Å². The van der Waals surface area contributed by atoms with Crippen molar-refractivity contribution in [3.8, 4) is 0 Å². The molecular formula is C15H20N2O3SY. The SMILES string of the molecule is COC(=O)c1cccc(C)c1NC(=O)C1([N+](C)(C)[S-])CC1.[Y]. The first kappa shape index (κ1) is 19.6. The molecule has 1 aliphatic rings. The van der Waals surface area contributed by atoms with E-state index in [1.54, 1.807) is 12.1 Å². The van der Waals surface area contributed by atoms with Crippen molar-refractivity contribution in [2.75, 3.05) is 26.5 Å². The number of anilines is 1. The van der Waals surface area contributed by atoms with Crippen LogP contribution in [0.4, 0.5) is 5.69 Å². The van der Waals surface area contributed by atoms with E-state index < -0.39 is 11.5 Å². The van der Waals surface area contributed by atoms with Crippen molar-refractivity contribution in [3.05, 3.63) is 29.3 Å². The third kappa shape index (κ3) is 3.56. The number of hydrogen-bond donors (Lipinski definition) is 1. The number of ether oxygens (including phenoxy) is 1. The summed E-state index contributed by atoms with van der Waals surface area (Å²) >= 11 is 5.40. The molecule has 1 amide bonds. The maximum Gasteiger partial charge on any atom is 0.339 e. The number of quaternary nitrogens is 1. The summed E-state index contributed by atoms with van der Waals surface area (Å²) in [6.07, 6.45) is 1.52. The number of rotatable bonds is 4. The number of amides is 1. The number of aryl methyl sites for hydroxylation is 1. The van der Waals surface area contributed by atoms with Gasteiger partial charge in [0.1, 0.15) is 0 Å². The van der Waals surface area contributed by atoms with Crippen LogP contribution < -0.4 is 5.32 Å². The van der Waals surface area contributed by atoms with E-state index >= 15 is 0 Å². The summed E-state index contributed by atoms with van der Waals surface area (Å²) in [5.41, 5.74) is 1.10. The van der Waals surface area contributed by atoms with Crippen LogP contribution in [0.25, 0.3) is 0 Å². The molecule has 0 heterocycles. The van der Waals surface area contributed by atoms with Crippen molar-refractivity contribution in [1.82, 2.24) is 0 Å². The topological polar surface area (TPSA) is 55.4 Å². The molecule has 1 aliphatic carbocycles. The molecule has 0 atom stereocenters. The first-order chi connectivity index (χ1) is 9.73. The largest absolute Gasteiger partial charge is 0.494 e. The average molecular weight is 397 g/mol. The molecule has 0 aromatic heterocycles. The van der Waals surface area contributed by atoms with E-state index in [2.05, 4.69) is 5.32 Å². The van der Waals surface area contributed by atoms with Gasteiger partial charge in [-0.3, -0.25) is 4.79 Å². The van der Waals surface area contributed by atoms with Crippen molar-refractivity contribution >= 4 is 30.4 Å². The van der Waals surface area contributed by atoms with Crippen LogP contribution in [-0.2, 0) is 55.1 Å². The van der Waals surface area contributed by atoms with Gasteiger partial charge in [0, 0.05) is 45.6 Å². The van der Waals surface area contributed by atoms with Crippen molar-refractivity contribution in [2.45, 2.75) is 25.3 Å². The van der Waals surface area contributed by atoms with Crippen LogP contribution in [0.2, 0.25) is 0 Å². The number of nitrogens with zero attached hydrogens (tertiary/aromatic N) is 1. The maximum absolute atomic E-state index is 12.6. The molecule has 1 radical (unpaired) electrons. The zero-order valence-electron chi connectivity index (χ0n) is 13.3. The van der Waals surface area contributed by atoms with Crippen LogP contribution in [0.15, 0.2) is 18.2 Å². The number of likely N-dealkylation sites (N-methyl/N-ethyl adjacent to an activating group) is 1. The second-order valence-electron chi connectivity index (χ2n) is 5.83. The number of hydrogen-bond acceptors (Lipinski definition) is 4. The van der Waals surface area contributed by atoms with Gasteiger partial charge in [-0.25, -0.2) is 4.79 Å². The van der Waals surface area contributed by atoms with E-state index in [1.165, 1.54) is 7.11 Å². The molecule has 1 N–H and O–H groups in total. The summed E-state index contributed by atoms with van der Waals surface area (Å²) in [5, 5.41) is 2.88. The summed E-state index contributed by atoms with van der Waals surface area (Å²) < 4.78 is 4.93. The molecule has 2 rings (SSSR count). The van der Waals surface area contributed by atoms with Crippen molar-refractivity contribution in [2.24, 2.45) is 0 Å². The van der Waals surface area contributed by atoms with Crippen LogP contribution in [0.3, 0.4) is 0 Å². The van der Waals surface area contributed by atoms with E-state index in [9.17, 15) is 9.59 Å². The quantitative estimate of drug-likeness (QED) is 0.478. The van der Waals surface area contributed by atoms with Gasteiger partial charge in [-0.2, -0.15) is 0 Å². The minimum Gasteiger partial charge on any atom is -0.494 e. The van der Waals surface area contributed by atoms with Gasteiger partial charge in [0.25, 0.3) is 5.91 Å². The number of para-hydroxylation sites is 1. The Bertz CT molecular complexity index is 595. The Morgan fingerprint density at radius 3 is 2.36 bits per heavy atom. The molecule has 7 heteroatoms. The molecule has 1 aromatic carbocycles. The van der Waals surface area contributed by atoms with Crippen molar-refractivity contribution < 1.29 is 50.9 Å². The number of carbonyl (C=O) groups excluding carboxylic acids is 2. The Hall–Kier alpha value is -0.426. The molecule has 0 unspecified atom stereocenters. The van der Waals surface area contributed by atoms with E-state index in [0.29, 0.717) is 11.3 Å². The molecule has 0 aliphatic heterocycles. The van der Waals surface area contributed by atoms with E-state index in [0.717, 1.165) is 18.4 Å². The average Bonchev–Trinajstić information content (AvgIpc) is 3.21. The molecule has 1 aromatic rings. The molecular weight excluding hydrogens is 377 g/mol. The fourth-order valence-electron chi connectivity index (χ4n) is 2.47.